The maximum Gasteiger partial charge on any atom is 0.199 e. The summed E-state index contributed by atoms with van der Waals surface area (Å²) in [5, 5.41) is 7.27. The topological polar surface area (TPSA) is 46.5 Å². The quantitative estimate of drug-likeness (QED) is 0.260. The van der Waals surface area contributed by atoms with Gasteiger partial charge < -0.3 is 19.5 Å². The molecule has 0 fully saturated rings. The summed E-state index contributed by atoms with van der Waals surface area (Å²) in [6.45, 7) is 12.4. The highest BCUT2D eigenvalue weighted by Gasteiger charge is 2.26. The first-order valence-electron chi connectivity index (χ1n) is 12.7. The summed E-state index contributed by atoms with van der Waals surface area (Å²) in [5.41, 5.74) is 3.31. The highest BCUT2D eigenvalue weighted by molar-refractivity contribution is 6.07. The Morgan fingerprint density at radius 2 is 1.77 bits per heavy atom. The smallest absolute Gasteiger partial charge is 0.199 e. The zero-order chi connectivity index (χ0) is 24.7. The number of aromatic nitrogens is 1. The van der Waals surface area contributed by atoms with E-state index in [1.54, 1.807) is 0 Å². The van der Waals surface area contributed by atoms with Crippen LogP contribution in [-0.4, -0.2) is 41.2 Å². The molecule has 0 bridgehead atoms. The van der Waals surface area contributed by atoms with Crippen LogP contribution in [-0.2, 0) is 7.05 Å². The minimum atomic E-state index is -0.396. The number of aryl methyl sites for hydroxylation is 1. The predicted molar refractivity (Wildman–Crippen MR) is 149 cm³/mol. The number of nitrogens with zero attached hydrogens (tertiary/aromatic N) is 2. The van der Waals surface area contributed by atoms with Crippen LogP contribution in [0.25, 0.3) is 38.7 Å². The standard InChI is InChI=1S/C30H35N3O2/c1-6-33(7-2)16-10-15-31-24-19-26-22(13-14-30(3,4)35-26)28-27(24)29(34)23-17-20-11-8-9-12-21(20)18-25(23)32(28)5/h8-9,11-14,17-19,31H,6-7,10,15-16H2,1-5H3. The molecular formula is C30H35N3O2. The summed E-state index contributed by atoms with van der Waals surface area (Å²) in [7, 11) is 2.05. The lowest BCUT2D eigenvalue weighted by molar-refractivity contribution is 0.159. The molecule has 5 heteroatoms. The Bertz CT molecular complexity index is 1510. The predicted octanol–water partition coefficient (Wildman–Crippen LogP) is 6.17. The van der Waals surface area contributed by atoms with Crippen LogP contribution in [0, 0.1) is 0 Å². The third-order valence-corrected chi connectivity index (χ3v) is 7.22. The third-order valence-electron chi connectivity index (χ3n) is 7.22. The van der Waals surface area contributed by atoms with Gasteiger partial charge in [-0.05, 0) is 75.0 Å². The fourth-order valence-corrected chi connectivity index (χ4v) is 5.23. The second-order valence-corrected chi connectivity index (χ2v) is 10.0. The summed E-state index contributed by atoms with van der Waals surface area (Å²) in [4.78, 5) is 16.4. The van der Waals surface area contributed by atoms with Crippen molar-refractivity contribution in [1.82, 2.24) is 9.47 Å². The van der Waals surface area contributed by atoms with Gasteiger partial charge in [-0.3, -0.25) is 4.79 Å². The number of pyridine rings is 1. The van der Waals surface area contributed by atoms with Crippen LogP contribution < -0.4 is 15.5 Å². The zero-order valence-electron chi connectivity index (χ0n) is 21.4. The van der Waals surface area contributed by atoms with E-state index in [0.717, 1.165) is 82.2 Å². The normalized spacial score (nSPS) is 14.6. The van der Waals surface area contributed by atoms with E-state index in [2.05, 4.69) is 79.9 Å². The average molecular weight is 470 g/mol. The molecule has 182 valence electrons. The number of fused-ring (bicyclic) bond motifs is 5. The van der Waals surface area contributed by atoms with Crippen molar-refractivity contribution in [1.29, 1.82) is 0 Å². The zero-order valence-corrected chi connectivity index (χ0v) is 21.4. The van der Waals surface area contributed by atoms with E-state index in [9.17, 15) is 4.79 Å². The van der Waals surface area contributed by atoms with Gasteiger partial charge in [0.15, 0.2) is 5.43 Å². The van der Waals surface area contributed by atoms with E-state index in [1.807, 2.05) is 24.3 Å². The number of benzene rings is 3. The fraction of sp³-hybridized carbons (Fsp3) is 0.367. The summed E-state index contributed by atoms with van der Waals surface area (Å²) in [6, 6.07) is 14.4. The monoisotopic (exact) mass is 469 g/mol. The Morgan fingerprint density at radius 1 is 1.06 bits per heavy atom. The molecule has 0 saturated heterocycles. The van der Waals surface area contributed by atoms with Crippen molar-refractivity contribution in [3.63, 3.8) is 0 Å². The van der Waals surface area contributed by atoms with Crippen molar-refractivity contribution in [3.8, 4) is 5.75 Å². The number of ether oxygens (including phenoxy) is 1. The second-order valence-electron chi connectivity index (χ2n) is 10.0. The molecule has 0 saturated carbocycles. The molecule has 1 aliphatic heterocycles. The van der Waals surface area contributed by atoms with Gasteiger partial charge >= 0.3 is 0 Å². The number of rotatable bonds is 7. The molecule has 0 aliphatic carbocycles. The first-order valence-corrected chi connectivity index (χ1v) is 12.7. The van der Waals surface area contributed by atoms with Crippen molar-refractivity contribution in [2.75, 3.05) is 31.5 Å². The summed E-state index contributed by atoms with van der Waals surface area (Å²) in [6.07, 6.45) is 5.18. The molecule has 1 aromatic heterocycles. The fourth-order valence-electron chi connectivity index (χ4n) is 5.23. The average Bonchev–Trinajstić information content (AvgIpc) is 2.85. The molecule has 0 unspecified atom stereocenters. The molecular weight excluding hydrogens is 434 g/mol. The molecule has 0 atom stereocenters. The summed E-state index contributed by atoms with van der Waals surface area (Å²) >= 11 is 0. The molecule has 0 spiro atoms. The molecule has 2 heterocycles. The van der Waals surface area contributed by atoms with Crippen LogP contribution >= 0.6 is 0 Å². The van der Waals surface area contributed by atoms with E-state index in [0.29, 0.717) is 0 Å². The highest BCUT2D eigenvalue weighted by atomic mass is 16.5. The van der Waals surface area contributed by atoms with Crippen molar-refractivity contribution in [2.45, 2.75) is 39.7 Å². The van der Waals surface area contributed by atoms with Gasteiger partial charge in [0.1, 0.15) is 11.4 Å². The van der Waals surface area contributed by atoms with Gasteiger partial charge in [-0.2, -0.15) is 0 Å². The maximum absolute atomic E-state index is 14.0. The Balaban J connectivity index is 1.71. The molecule has 5 rings (SSSR count). The first-order chi connectivity index (χ1) is 16.8. The highest BCUT2D eigenvalue weighted by Crippen LogP contribution is 2.40. The van der Waals surface area contributed by atoms with Crippen molar-refractivity contribution >= 4 is 44.3 Å². The lowest BCUT2D eigenvalue weighted by Crippen LogP contribution is -2.28. The molecule has 35 heavy (non-hydrogen) atoms. The van der Waals surface area contributed by atoms with Crippen LogP contribution in [0.5, 0.6) is 5.75 Å². The van der Waals surface area contributed by atoms with Gasteiger partial charge in [-0.25, -0.2) is 0 Å². The number of hydrogen-bond acceptors (Lipinski definition) is 4. The second kappa shape index (κ2) is 9.04. The van der Waals surface area contributed by atoms with Gasteiger partial charge in [0.05, 0.1) is 22.1 Å². The van der Waals surface area contributed by atoms with E-state index in [4.69, 9.17) is 4.74 Å². The SMILES string of the molecule is CCN(CC)CCCNc1cc2c(c3c1c(=O)c1cc4ccccc4cc1n3C)C=CC(C)(C)O2. The minimum Gasteiger partial charge on any atom is -0.483 e. The van der Waals surface area contributed by atoms with Gasteiger partial charge in [0.25, 0.3) is 0 Å². The minimum absolute atomic E-state index is 0.0612. The number of anilines is 1. The Morgan fingerprint density at radius 3 is 2.49 bits per heavy atom. The van der Waals surface area contributed by atoms with Gasteiger partial charge in [0.2, 0.25) is 0 Å². The lowest BCUT2D eigenvalue weighted by Gasteiger charge is -2.30. The van der Waals surface area contributed by atoms with Crippen LogP contribution in [0.4, 0.5) is 5.69 Å². The van der Waals surface area contributed by atoms with Gasteiger partial charge in [0, 0.05) is 30.6 Å². The summed E-state index contributed by atoms with van der Waals surface area (Å²) in [5.74, 6) is 0.811. The first kappa shape index (κ1) is 23.4. The molecule has 1 N–H and O–H groups in total. The van der Waals surface area contributed by atoms with Gasteiger partial charge in [-0.1, -0.05) is 38.1 Å². The number of hydrogen-bond donors (Lipinski definition) is 1. The Hall–Kier alpha value is -3.31. The van der Waals surface area contributed by atoms with Crippen LogP contribution in [0.2, 0.25) is 0 Å². The molecule has 4 aromatic rings. The van der Waals surface area contributed by atoms with E-state index >= 15 is 0 Å². The maximum atomic E-state index is 14.0. The van der Waals surface area contributed by atoms with E-state index in [1.165, 1.54) is 0 Å². The Labute approximate surface area is 207 Å². The largest absolute Gasteiger partial charge is 0.483 e. The van der Waals surface area contributed by atoms with Crippen molar-refractivity contribution in [2.24, 2.45) is 7.05 Å². The Kier molecular flexibility index (Phi) is 6.06. The third kappa shape index (κ3) is 4.19. The van der Waals surface area contributed by atoms with Gasteiger partial charge in [-0.15, -0.1) is 0 Å². The lowest BCUT2D eigenvalue weighted by atomic mass is 9.96. The van der Waals surface area contributed by atoms with Crippen molar-refractivity contribution in [3.05, 3.63) is 64.3 Å². The molecule has 0 amide bonds. The van der Waals surface area contributed by atoms with Crippen LogP contribution in [0.1, 0.15) is 39.7 Å². The molecule has 1 aliphatic rings. The number of nitrogens with one attached hydrogen (secondary N) is 1. The van der Waals surface area contributed by atoms with Crippen LogP contribution in [0.15, 0.2) is 53.3 Å². The molecule has 3 aromatic carbocycles. The van der Waals surface area contributed by atoms with E-state index in [-0.39, 0.29) is 5.43 Å². The molecule has 0 radical (unpaired) electrons. The summed E-state index contributed by atoms with van der Waals surface area (Å²) < 4.78 is 8.53. The van der Waals surface area contributed by atoms with E-state index < -0.39 is 5.60 Å². The van der Waals surface area contributed by atoms with Crippen molar-refractivity contribution < 1.29 is 4.74 Å². The molecule has 5 nitrogen and oxygen atoms in total. The van der Waals surface area contributed by atoms with Crippen LogP contribution in [0.3, 0.4) is 0 Å².